The van der Waals surface area contributed by atoms with Crippen molar-refractivity contribution >= 4 is 34.8 Å². The zero-order valence-corrected chi connectivity index (χ0v) is 13.6. The molecule has 0 aliphatic rings. The molecule has 2 aromatic rings. The lowest BCUT2D eigenvalue weighted by Crippen LogP contribution is -2.30. The van der Waals surface area contributed by atoms with Gasteiger partial charge < -0.3 is 10.1 Å². The molecule has 6 heteroatoms. The van der Waals surface area contributed by atoms with Crippen LogP contribution in [0.2, 0.25) is 5.02 Å². The van der Waals surface area contributed by atoms with Crippen molar-refractivity contribution in [3.63, 3.8) is 0 Å². The molecule has 0 aliphatic heterocycles. The molecule has 1 atom stereocenters. The van der Waals surface area contributed by atoms with Crippen LogP contribution in [0.1, 0.15) is 34.6 Å². The van der Waals surface area contributed by atoms with Gasteiger partial charge in [-0.2, -0.15) is 0 Å². The Morgan fingerprint density at radius 3 is 2.68 bits per heavy atom. The smallest absolute Gasteiger partial charge is 0.308 e. The van der Waals surface area contributed by atoms with Gasteiger partial charge in [-0.25, -0.2) is 0 Å². The van der Waals surface area contributed by atoms with Gasteiger partial charge in [-0.05, 0) is 30.0 Å². The maximum Gasteiger partial charge on any atom is 0.308 e. The van der Waals surface area contributed by atoms with Crippen LogP contribution < -0.4 is 5.32 Å². The number of hydrogen-bond acceptors (Lipinski definition) is 4. The summed E-state index contributed by atoms with van der Waals surface area (Å²) < 4.78 is 4.98. The summed E-state index contributed by atoms with van der Waals surface area (Å²) in [5, 5.41) is 5.18. The summed E-state index contributed by atoms with van der Waals surface area (Å²) in [5.41, 5.74) is 0.696. The van der Waals surface area contributed by atoms with E-state index in [0.29, 0.717) is 22.1 Å². The fourth-order valence-corrected chi connectivity index (χ4v) is 2.91. The van der Waals surface area contributed by atoms with Crippen molar-refractivity contribution in [1.29, 1.82) is 0 Å². The molecule has 1 aromatic carbocycles. The number of halogens is 1. The lowest BCUT2D eigenvalue weighted by molar-refractivity contribution is -0.143. The van der Waals surface area contributed by atoms with Gasteiger partial charge in [0.05, 0.1) is 23.9 Å². The number of hydrogen-bond donors (Lipinski definition) is 1. The zero-order valence-electron chi connectivity index (χ0n) is 12.0. The second kappa shape index (κ2) is 7.96. The maximum atomic E-state index is 12.2. The van der Waals surface area contributed by atoms with Crippen LogP contribution in [0.15, 0.2) is 41.8 Å². The van der Waals surface area contributed by atoms with Gasteiger partial charge in [0.2, 0.25) is 0 Å². The molecule has 0 fully saturated rings. The van der Waals surface area contributed by atoms with E-state index in [-0.39, 0.29) is 18.3 Å². The van der Waals surface area contributed by atoms with E-state index in [1.165, 1.54) is 11.3 Å². The molecule has 1 heterocycles. The van der Waals surface area contributed by atoms with E-state index in [1.54, 1.807) is 37.3 Å². The fourth-order valence-electron chi connectivity index (χ4n) is 2.02. The highest BCUT2D eigenvalue weighted by Gasteiger charge is 2.22. The number of esters is 1. The van der Waals surface area contributed by atoms with Crippen molar-refractivity contribution in [3.05, 3.63) is 57.2 Å². The number of thiophene rings is 1. The van der Waals surface area contributed by atoms with Crippen LogP contribution in [0.4, 0.5) is 0 Å². The minimum Gasteiger partial charge on any atom is -0.466 e. The fraction of sp³-hybridized carbons (Fsp3) is 0.250. The molecule has 2 rings (SSSR count). The Kier molecular flexibility index (Phi) is 5.98. The van der Waals surface area contributed by atoms with Gasteiger partial charge in [0.25, 0.3) is 5.91 Å². The summed E-state index contributed by atoms with van der Waals surface area (Å²) in [5.74, 6) is -0.608. The van der Waals surface area contributed by atoms with E-state index < -0.39 is 6.04 Å². The molecule has 22 heavy (non-hydrogen) atoms. The molecular weight excluding hydrogens is 322 g/mol. The first-order valence-corrected chi connectivity index (χ1v) is 8.12. The lowest BCUT2D eigenvalue weighted by Gasteiger charge is -2.19. The number of benzene rings is 1. The molecular formula is C16H16ClNO3S. The number of rotatable bonds is 6. The van der Waals surface area contributed by atoms with E-state index in [1.807, 2.05) is 11.4 Å². The van der Waals surface area contributed by atoms with Crippen LogP contribution in [-0.4, -0.2) is 18.5 Å². The third kappa shape index (κ3) is 4.32. The van der Waals surface area contributed by atoms with E-state index in [9.17, 15) is 9.59 Å². The minimum absolute atomic E-state index is 0.0364. The Morgan fingerprint density at radius 2 is 2.05 bits per heavy atom. The Morgan fingerprint density at radius 1 is 1.27 bits per heavy atom. The van der Waals surface area contributed by atoms with Gasteiger partial charge >= 0.3 is 5.97 Å². The number of carbonyl (C=O) groups excluding carboxylic acids is 2. The van der Waals surface area contributed by atoms with Gasteiger partial charge in [0, 0.05) is 5.02 Å². The van der Waals surface area contributed by atoms with E-state index in [4.69, 9.17) is 16.3 Å². The van der Waals surface area contributed by atoms with Crippen molar-refractivity contribution in [2.24, 2.45) is 0 Å². The van der Waals surface area contributed by atoms with Crippen LogP contribution in [0, 0.1) is 0 Å². The SMILES string of the molecule is CCOC(=O)C[C@H](NC(=O)c1cccs1)c1ccccc1Cl. The number of amides is 1. The highest BCUT2D eigenvalue weighted by molar-refractivity contribution is 7.12. The highest BCUT2D eigenvalue weighted by Crippen LogP contribution is 2.26. The highest BCUT2D eigenvalue weighted by atomic mass is 35.5. The monoisotopic (exact) mass is 337 g/mol. The average Bonchev–Trinajstić information content (AvgIpc) is 3.01. The normalized spacial score (nSPS) is 11.7. The van der Waals surface area contributed by atoms with Crippen LogP contribution in [0.5, 0.6) is 0 Å². The summed E-state index contributed by atoms with van der Waals surface area (Å²) in [6, 6.07) is 10.1. The first-order valence-electron chi connectivity index (χ1n) is 6.86. The summed E-state index contributed by atoms with van der Waals surface area (Å²) in [6.07, 6.45) is 0.0364. The molecule has 0 radical (unpaired) electrons. The zero-order chi connectivity index (χ0) is 15.9. The van der Waals surface area contributed by atoms with Gasteiger partial charge in [0.15, 0.2) is 0 Å². The van der Waals surface area contributed by atoms with Crippen molar-refractivity contribution in [1.82, 2.24) is 5.32 Å². The predicted molar refractivity (Wildman–Crippen MR) is 87.2 cm³/mol. The van der Waals surface area contributed by atoms with Gasteiger partial charge in [-0.15, -0.1) is 11.3 Å². The van der Waals surface area contributed by atoms with Gasteiger partial charge in [-0.3, -0.25) is 9.59 Å². The number of nitrogens with one attached hydrogen (secondary N) is 1. The Bertz CT molecular complexity index is 643. The molecule has 1 N–H and O–H groups in total. The van der Waals surface area contributed by atoms with Crippen LogP contribution in [0.3, 0.4) is 0 Å². The molecule has 1 amide bonds. The molecule has 0 saturated heterocycles. The summed E-state index contributed by atoms with van der Waals surface area (Å²) >= 11 is 7.53. The molecule has 0 unspecified atom stereocenters. The quantitative estimate of drug-likeness (QED) is 0.815. The second-order valence-electron chi connectivity index (χ2n) is 4.53. The van der Waals surface area contributed by atoms with E-state index >= 15 is 0 Å². The summed E-state index contributed by atoms with van der Waals surface area (Å²) in [6.45, 7) is 2.04. The maximum absolute atomic E-state index is 12.2. The average molecular weight is 338 g/mol. The molecule has 1 aromatic heterocycles. The van der Waals surface area contributed by atoms with E-state index in [0.717, 1.165) is 0 Å². The molecule has 4 nitrogen and oxygen atoms in total. The Balaban J connectivity index is 2.20. The van der Waals surface area contributed by atoms with E-state index in [2.05, 4.69) is 5.32 Å². The largest absolute Gasteiger partial charge is 0.466 e. The molecule has 0 aliphatic carbocycles. The summed E-state index contributed by atoms with van der Waals surface area (Å²) in [4.78, 5) is 24.6. The standard InChI is InChI=1S/C16H16ClNO3S/c1-2-21-15(19)10-13(11-6-3-4-7-12(11)17)18-16(20)14-8-5-9-22-14/h3-9,13H,2,10H2,1H3,(H,18,20)/t13-/m0/s1. The first kappa shape index (κ1) is 16.5. The van der Waals surface area contributed by atoms with Crippen LogP contribution in [-0.2, 0) is 9.53 Å². The third-order valence-corrected chi connectivity index (χ3v) is 4.22. The topological polar surface area (TPSA) is 55.4 Å². The van der Waals surface area contributed by atoms with Gasteiger partial charge in [-0.1, -0.05) is 35.9 Å². The lowest BCUT2D eigenvalue weighted by atomic mass is 10.0. The second-order valence-corrected chi connectivity index (χ2v) is 5.89. The molecule has 116 valence electrons. The number of ether oxygens (including phenoxy) is 1. The van der Waals surface area contributed by atoms with Gasteiger partial charge in [0.1, 0.15) is 0 Å². The molecule has 0 spiro atoms. The van der Waals surface area contributed by atoms with Crippen LogP contribution in [0.25, 0.3) is 0 Å². The molecule has 0 bridgehead atoms. The van der Waals surface area contributed by atoms with Crippen LogP contribution >= 0.6 is 22.9 Å². The minimum atomic E-state index is -0.526. The Hall–Kier alpha value is -1.85. The first-order chi connectivity index (χ1) is 10.6. The summed E-state index contributed by atoms with van der Waals surface area (Å²) in [7, 11) is 0. The van der Waals surface area contributed by atoms with Crippen molar-refractivity contribution in [3.8, 4) is 0 Å². The van der Waals surface area contributed by atoms with Crippen molar-refractivity contribution in [2.75, 3.05) is 6.61 Å². The predicted octanol–water partition coefficient (Wildman–Crippen LogP) is 3.83. The third-order valence-electron chi connectivity index (χ3n) is 3.01. The molecule has 0 saturated carbocycles. The van der Waals surface area contributed by atoms with Crippen molar-refractivity contribution < 1.29 is 14.3 Å². The van der Waals surface area contributed by atoms with Crippen molar-refractivity contribution in [2.45, 2.75) is 19.4 Å². The number of carbonyl (C=O) groups is 2. The Labute approximate surface area is 138 Å².